The van der Waals surface area contributed by atoms with Crippen LogP contribution in [0.4, 0.5) is 5.69 Å². The average Bonchev–Trinajstić information content (AvgIpc) is 2.78. The van der Waals surface area contributed by atoms with Crippen molar-refractivity contribution in [2.24, 2.45) is 5.92 Å². The van der Waals surface area contributed by atoms with Gasteiger partial charge < -0.3 is 9.88 Å². The molecule has 156 valence electrons. The zero-order valence-corrected chi connectivity index (χ0v) is 17.9. The predicted molar refractivity (Wildman–Crippen MR) is 124 cm³/mol. The summed E-state index contributed by atoms with van der Waals surface area (Å²) >= 11 is 0. The first kappa shape index (κ1) is 20.4. The first-order chi connectivity index (χ1) is 14.6. The van der Waals surface area contributed by atoms with Crippen molar-refractivity contribution in [2.75, 3.05) is 5.32 Å². The van der Waals surface area contributed by atoms with Gasteiger partial charge in [0.15, 0.2) is 0 Å². The maximum Gasteiger partial charge on any atom is 0.273 e. The third-order valence-electron chi connectivity index (χ3n) is 6.02. The predicted octanol–water partition coefficient (Wildman–Crippen LogP) is 5.70. The molecule has 0 amide bonds. The van der Waals surface area contributed by atoms with Gasteiger partial charge in [0.05, 0.1) is 0 Å². The van der Waals surface area contributed by atoms with E-state index in [1.54, 1.807) is 12.4 Å². The monoisotopic (exact) mass is 401 g/mol. The quantitative estimate of drug-likeness (QED) is 0.576. The normalized spacial score (nSPS) is 19.0. The lowest BCUT2D eigenvalue weighted by Gasteiger charge is -2.30. The molecule has 1 aromatic carbocycles. The van der Waals surface area contributed by atoms with Gasteiger partial charge in [-0.1, -0.05) is 44.2 Å². The van der Waals surface area contributed by atoms with E-state index in [1.165, 1.54) is 5.56 Å². The van der Waals surface area contributed by atoms with Crippen molar-refractivity contribution < 1.29 is 0 Å². The van der Waals surface area contributed by atoms with Gasteiger partial charge >= 0.3 is 0 Å². The summed E-state index contributed by atoms with van der Waals surface area (Å²) in [5.41, 5.74) is 4.37. The van der Waals surface area contributed by atoms with Crippen LogP contribution in [0.3, 0.4) is 0 Å². The van der Waals surface area contributed by atoms with Crippen molar-refractivity contribution in [1.29, 1.82) is 0 Å². The molecule has 1 aliphatic rings. The highest BCUT2D eigenvalue weighted by atomic mass is 16.1. The van der Waals surface area contributed by atoms with Gasteiger partial charge in [-0.05, 0) is 66.8 Å². The number of nitrogens with zero attached hydrogens (tertiary/aromatic N) is 2. The lowest BCUT2D eigenvalue weighted by molar-refractivity contribution is 0.411. The van der Waals surface area contributed by atoms with Crippen LogP contribution in [0.25, 0.3) is 11.1 Å². The Hall–Kier alpha value is -2.88. The smallest absolute Gasteiger partial charge is 0.273 e. The molecule has 30 heavy (non-hydrogen) atoms. The highest BCUT2D eigenvalue weighted by Crippen LogP contribution is 2.34. The molecule has 4 rings (SSSR count). The minimum Gasteiger partial charge on any atom is -0.378 e. The third-order valence-corrected chi connectivity index (χ3v) is 6.02. The van der Waals surface area contributed by atoms with Gasteiger partial charge in [0.25, 0.3) is 5.56 Å². The number of hydrogen-bond donors (Lipinski definition) is 1. The minimum atomic E-state index is 0.0756. The van der Waals surface area contributed by atoms with Gasteiger partial charge in [-0.3, -0.25) is 9.78 Å². The second kappa shape index (κ2) is 9.29. The first-order valence-electron chi connectivity index (χ1n) is 11.1. The Kier molecular flexibility index (Phi) is 6.32. The van der Waals surface area contributed by atoms with Crippen molar-refractivity contribution in [1.82, 2.24) is 9.55 Å². The maximum atomic E-state index is 13.1. The second-order valence-electron chi connectivity index (χ2n) is 8.83. The van der Waals surface area contributed by atoms with Gasteiger partial charge in [0, 0.05) is 36.7 Å². The van der Waals surface area contributed by atoms with Crippen LogP contribution in [-0.2, 0) is 6.54 Å². The van der Waals surface area contributed by atoms with Crippen LogP contribution in [0.2, 0.25) is 0 Å². The fourth-order valence-electron chi connectivity index (χ4n) is 4.49. The lowest BCUT2D eigenvalue weighted by Crippen LogP contribution is -2.31. The Bertz CT molecular complexity index is 1000. The molecule has 0 radical (unpaired) electrons. The minimum absolute atomic E-state index is 0.0756. The highest BCUT2D eigenvalue weighted by molar-refractivity contribution is 5.66. The number of benzene rings is 1. The fraction of sp³-hybridized carbons (Fsp3) is 0.385. The highest BCUT2D eigenvalue weighted by Gasteiger charge is 2.23. The zero-order chi connectivity index (χ0) is 20.9. The molecule has 1 saturated carbocycles. The van der Waals surface area contributed by atoms with Crippen LogP contribution < -0.4 is 10.9 Å². The van der Waals surface area contributed by atoms with E-state index in [-0.39, 0.29) is 5.56 Å². The van der Waals surface area contributed by atoms with Crippen molar-refractivity contribution in [2.45, 2.75) is 58.0 Å². The maximum absolute atomic E-state index is 13.1. The molecule has 1 N–H and O–H groups in total. The van der Waals surface area contributed by atoms with E-state index in [4.69, 9.17) is 0 Å². The van der Waals surface area contributed by atoms with Crippen molar-refractivity contribution in [3.8, 4) is 11.1 Å². The molecule has 1 fully saturated rings. The number of hydrogen-bond acceptors (Lipinski definition) is 3. The van der Waals surface area contributed by atoms with Crippen LogP contribution in [0.15, 0.2) is 71.9 Å². The van der Waals surface area contributed by atoms with Crippen molar-refractivity contribution >= 4 is 5.69 Å². The van der Waals surface area contributed by atoms with E-state index in [0.29, 0.717) is 30.1 Å². The topological polar surface area (TPSA) is 46.9 Å². The van der Waals surface area contributed by atoms with Crippen LogP contribution in [0.1, 0.15) is 51.0 Å². The van der Waals surface area contributed by atoms with Gasteiger partial charge in [-0.25, -0.2) is 0 Å². The summed E-state index contributed by atoms with van der Waals surface area (Å²) in [6, 6.07) is 17.2. The third kappa shape index (κ3) is 4.81. The Morgan fingerprint density at radius 3 is 2.37 bits per heavy atom. The molecule has 0 aliphatic heterocycles. The second-order valence-corrected chi connectivity index (χ2v) is 8.83. The molecular weight excluding hydrogens is 370 g/mol. The molecule has 4 heteroatoms. The van der Waals surface area contributed by atoms with Gasteiger partial charge in [-0.15, -0.1) is 0 Å². The van der Waals surface area contributed by atoms with E-state index in [0.717, 1.165) is 36.8 Å². The Labute approximate surface area is 179 Å². The van der Waals surface area contributed by atoms with Gasteiger partial charge in [0.2, 0.25) is 0 Å². The summed E-state index contributed by atoms with van der Waals surface area (Å²) in [4.78, 5) is 17.3. The van der Waals surface area contributed by atoms with Crippen LogP contribution >= 0.6 is 0 Å². The molecule has 0 unspecified atom stereocenters. The number of pyridine rings is 2. The molecule has 0 bridgehead atoms. The molecule has 4 nitrogen and oxygen atoms in total. The molecule has 0 spiro atoms. The van der Waals surface area contributed by atoms with Crippen LogP contribution in [0, 0.1) is 5.92 Å². The molecule has 0 saturated heterocycles. The lowest BCUT2D eigenvalue weighted by atomic mass is 9.82. The van der Waals surface area contributed by atoms with E-state index >= 15 is 0 Å². The molecule has 1 aliphatic carbocycles. The Morgan fingerprint density at radius 1 is 1.00 bits per heavy atom. The summed E-state index contributed by atoms with van der Waals surface area (Å²) in [5.74, 6) is 1.04. The summed E-state index contributed by atoms with van der Waals surface area (Å²) in [5, 5.41) is 3.60. The van der Waals surface area contributed by atoms with Gasteiger partial charge in [0.1, 0.15) is 5.69 Å². The summed E-state index contributed by atoms with van der Waals surface area (Å²) in [7, 11) is 0. The standard InChI is InChI=1S/C26H31N3O/c1-19(2)17-29-18-23(22-12-14-27-15-13-22)16-25(26(29)30)28-24-10-8-21(9-11-24)20-6-4-3-5-7-20/h3-7,12-16,18-19,21,24,28H,8-11,17H2,1-2H3. The van der Waals surface area contributed by atoms with E-state index in [1.807, 2.05) is 29.0 Å². The van der Waals surface area contributed by atoms with E-state index < -0.39 is 0 Å². The average molecular weight is 402 g/mol. The Balaban J connectivity index is 1.54. The number of rotatable bonds is 6. The van der Waals surface area contributed by atoms with E-state index in [2.05, 4.69) is 54.5 Å². The van der Waals surface area contributed by atoms with Crippen LogP contribution in [0.5, 0.6) is 0 Å². The number of aromatic nitrogens is 2. The molecule has 3 aromatic rings. The summed E-state index contributed by atoms with van der Waals surface area (Å²) < 4.78 is 1.86. The van der Waals surface area contributed by atoms with E-state index in [9.17, 15) is 4.79 Å². The number of nitrogens with one attached hydrogen (secondary N) is 1. The molecule has 2 heterocycles. The summed E-state index contributed by atoms with van der Waals surface area (Å²) in [6.07, 6.45) is 10.1. The summed E-state index contributed by atoms with van der Waals surface area (Å²) in [6.45, 7) is 5.00. The molecule has 0 atom stereocenters. The number of anilines is 1. The van der Waals surface area contributed by atoms with Crippen molar-refractivity contribution in [3.05, 3.63) is 83.0 Å². The van der Waals surface area contributed by atoms with Crippen LogP contribution in [-0.4, -0.2) is 15.6 Å². The SMILES string of the molecule is CC(C)Cn1cc(-c2ccncc2)cc(NC2CCC(c3ccccc3)CC2)c1=O. The Morgan fingerprint density at radius 2 is 1.70 bits per heavy atom. The molecule has 2 aromatic heterocycles. The van der Waals surface area contributed by atoms with Gasteiger partial charge in [-0.2, -0.15) is 0 Å². The fourth-order valence-corrected chi connectivity index (χ4v) is 4.49. The zero-order valence-electron chi connectivity index (χ0n) is 17.9. The largest absolute Gasteiger partial charge is 0.378 e. The first-order valence-corrected chi connectivity index (χ1v) is 11.1. The molecular formula is C26H31N3O. The van der Waals surface area contributed by atoms with Crippen molar-refractivity contribution in [3.63, 3.8) is 0 Å².